The van der Waals surface area contributed by atoms with Gasteiger partial charge in [0.2, 0.25) is 0 Å². The van der Waals surface area contributed by atoms with Crippen LogP contribution in [0.3, 0.4) is 0 Å². The number of hydrogen-bond donors (Lipinski definition) is 1. The van der Waals surface area contributed by atoms with E-state index in [1.165, 1.54) is 0 Å². The highest BCUT2D eigenvalue weighted by atomic mass is 16.5. The maximum atomic E-state index is 5.69. The highest BCUT2D eigenvalue weighted by Gasteiger charge is 2.15. The fraction of sp³-hybridized carbons (Fsp3) is 1.00. The molecule has 0 spiro atoms. The lowest BCUT2D eigenvalue weighted by atomic mass is 9.89. The molecule has 0 rings (SSSR count). The summed E-state index contributed by atoms with van der Waals surface area (Å²) in [6.45, 7) is 12.2. The van der Waals surface area contributed by atoms with Crippen LogP contribution in [0.2, 0.25) is 0 Å². The molecule has 0 atom stereocenters. The predicted octanol–water partition coefficient (Wildman–Crippen LogP) is 1.72. The minimum absolute atomic E-state index is 0.257. The van der Waals surface area contributed by atoms with E-state index in [0.29, 0.717) is 6.10 Å². The molecule has 0 aromatic heterocycles. The fourth-order valence-electron chi connectivity index (χ4n) is 1.15. The molecule has 0 aliphatic heterocycles. The molecule has 0 radical (unpaired) electrons. The third-order valence-corrected chi connectivity index (χ3v) is 2.65. The zero-order valence-electron chi connectivity index (χ0n) is 11.0. The van der Waals surface area contributed by atoms with Crippen molar-refractivity contribution in [2.75, 3.05) is 33.3 Å². The first-order chi connectivity index (χ1) is 6.87. The molecule has 0 bridgehead atoms. The summed E-state index contributed by atoms with van der Waals surface area (Å²) in [6.07, 6.45) is 1.47. The lowest BCUT2D eigenvalue weighted by Crippen LogP contribution is -2.31. The van der Waals surface area contributed by atoms with E-state index in [9.17, 15) is 0 Å². The van der Waals surface area contributed by atoms with Crippen LogP contribution >= 0.6 is 0 Å². The summed E-state index contributed by atoms with van der Waals surface area (Å²) in [5.74, 6) is 0. The quantitative estimate of drug-likeness (QED) is 0.671. The van der Waals surface area contributed by atoms with Gasteiger partial charge in [0.05, 0.1) is 12.7 Å². The molecular formula is C12H28N2O. The van der Waals surface area contributed by atoms with Gasteiger partial charge in [-0.2, -0.15) is 0 Å². The van der Waals surface area contributed by atoms with Gasteiger partial charge in [0, 0.05) is 6.54 Å². The van der Waals surface area contributed by atoms with Crippen molar-refractivity contribution >= 4 is 0 Å². The molecule has 0 saturated heterocycles. The SMILES string of the molecule is CC(C)OCCN(C)CCC(C)(C)CN. The molecular weight excluding hydrogens is 188 g/mol. The third-order valence-electron chi connectivity index (χ3n) is 2.65. The van der Waals surface area contributed by atoms with Gasteiger partial charge in [-0.05, 0) is 45.8 Å². The van der Waals surface area contributed by atoms with E-state index in [1.807, 2.05) is 0 Å². The summed E-state index contributed by atoms with van der Waals surface area (Å²) in [5, 5.41) is 0. The maximum absolute atomic E-state index is 5.69. The molecule has 2 N–H and O–H groups in total. The monoisotopic (exact) mass is 216 g/mol. The van der Waals surface area contributed by atoms with Crippen molar-refractivity contribution in [1.29, 1.82) is 0 Å². The number of nitrogens with two attached hydrogens (primary N) is 1. The number of likely N-dealkylation sites (N-methyl/N-ethyl adjacent to an activating group) is 1. The molecule has 0 unspecified atom stereocenters. The largest absolute Gasteiger partial charge is 0.377 e. The van der Waals surface area contributed by atoms with Crippen LogP contribution in [-0.4, -0.2) is 44.3 Å². The zero-order chi connectivity index (χ0) is 11.9. The Morgan fingerprint density at radius 3 is 2.33 bits per heavy atom. The van der Waals surface area contributed by atoms with Crippen molar-refractivity contribution in [3.05, 3.63) is 0 Å². The Balaban J connectivity index is 3.53. The summed E-state index contributed by atoms with van der Waals surface area (Å²) in [5.41, 5.74) is 5.95. The topological polar surface area (TPSA) is 38.5 Å². The number of nitrogens with zero attached hydrogens (tertiary/aromatic N) is 1. The lowest BCUT2D eigenvalue weighted by molar-refractivity contribution is 0.0619. The van der Waals surface area contributed by atoms with E-state index in [2.05, 4.69) is 39.6 Å². The van der Waals surface area contributed by atoms with Gasteiger partial charge < -0.3 is 15.4 Å². The molecule has 0 aliphatic carbocycles. The van der Waals surface area contributed by atoms with Crippen molar-refractivity contribution in [3.63, 3.8) is 0 Å². The molecule has 3 heteroatoms. The van der Waals surface area contributed by atoms with E-state index in [4.69, 9.17) is 10.5 Å². The summed E-state index contributed by atoms with van der Waals surface area (Å²) in [7, 11) is 2.14. The standard InChI is InChI=1S/C12H28N2O/c1-11(2)15-9-8-14(5)7-6-12(3,4)10-13/h11H,6-10,13H2,1-5H3. The minimum Gasteiger partial charge on any atom is -0.377 e. The van der Waals surface area contributed by atoms with E-state index in [0.717, 1.165) is 32.7 Å². The average Bonchev–Trinajstić information content (AvgIpc) is 2.14. The van der Waals surface area contributed by atoms with Crippen LogP contribution in [0, 0.1) is 5.41 Å². The van der Waals surface area contributed by atoms with Crippen LogP contribution in [0.4, 0.5) is 0 Å². The van der Waals surface area contributed by atoms with Gasteiger partial charge in [-0.25, -0.2) is 0 Å². The molecule has 92 valence electrons. The fourth-order valence-corrected chi connectivity index (χ4v) is 1.15. The molecule has 0 aromatic carbocycles. The van der Waals surface area contributed by atoms with Crippen molar-refractivity contribution < 1.29 is 4.74 Å². The molecule has 0 aliphatic rings. The van der Waals surface area contributed by atoms with Gasteiger partial charge in [-0.3, -0.25) is 0 Å². The van der Waals surface area contributed by atoms with Gasteiger partial charge in [0.1, 0.15) is 0 Å². The Labute approximate surface area is 95.0 Å². The van der Waals surface area contributed by atoms with Gasteiger partial charge in [0.25, 0.3) is 0 Å². The van der Waals surface area contributed by atoms with E-state index < -0.39 is 0 Å². The van der Waals surface area contributed by atoms with Crippen LogP contribution in [0.1, 0.15) is 34.1 Å². The average molecular weight is 216 g/mol. The molecule has 3 nitrogen and oxygen atoms in total. The van der Waals surface area contributed by atoms with Crippen LogP contribution in [0.25, 0.3) is 0 Å². The maximum Gasteiger partial charge on any atom is 0.0596 e. The Hall–Kier alpha value is -0.120. The van der Waals surface area contributed by atoms with Crippen LogP contribution < -0.4 is 5.73 Å². The van der Waals surface area contributed by atoms with Crippen LogP contribution in [-0.2, 0) is 4.74 Å². The van der Waals surface area contributed by atoms with Crippen molar-refractivity contribution in [1.82, 2.24) is 4.90 Å². The van der Waals surface area contributed by atoms with Crippen LogP contribution in [0.5, 0.6) is 0 Å². The first-order valence-corrected chi connectivity index (χ1v) is 5.87. The minimum atomic E-state index is 0.257. The summed E-state index contributed by atoms with van der Waals surface area (Å²) in [6, 6.07) is 0. The third kappa shape index (κ3) is 8.85. The molecule has 0 fully saturated rings. The van der Waals surface area contributed by atoms with E-state index >= 15 is 0 Å². The first kappa shape index (κ1) is 14.9. The zero-order valence-corrected chi connectivity index (χ0v) is 11.0. The van der Waals surface area contributed by atoms with Crippen molar-refractivity contribution in [2.45, 2.75) is 40.2 Å². The number of ether oxygens (including phenoxy) is 1. The van der Waals surface area contributed by atoms with Crippen molar-refractivity contribution in [3.8, 4) is 0 Å². The Kier molecular flexibility index (Phi) is 7.14. The molecule has 0 amide bonds. The first-order valence-electron chi connectivity index (χ1n) is 5.87. The lowest BCUT2D eigenvalue weighted by Gasteiger charge is -2.26. The van der Waals surface area contributed by atoms with Gasteiger partial charge >= 0.3 is 0 Å². The summed E-state index contributed by atoms with van der Waals surface area (Å²) in [4.78, 5) is 2.31. The molecule has 0 aromatic rings. The molecule has 0 saturated carbocycles. The highest BCUT2D eigenvalue weighted by molar-refractivity contribution is 4.70. The smallest absolute Gasteiger partial charge is 0.0596 e. The molecule has 15 heavy (non-hydrogen) atoms. The predicted molar refractivity (Wildman–Crippen MR) is 66.0 cm³/mol. The Bertz CT molecular complexity index is 158. The summed E-state index contributed by atoms with van der Waals surface area (Å²) < 4.78 is 5.50. The highest BCUT2D eigenvalue weighted by Crippen LogP contribution is 2.17. The van der Waals surface area contributed by atoms with Crippen LogP contribution in [0.15, 0.2) is 0 Å². The van der Waals surface area contributed by atoms with E-state index in [1.54, 1.807) is 0 Å². The number of rotatable bonds is 8. The second kappa shape index (κ2) is 7.20. The summed E-state index contributed by atoms with van der Waals surface area (Å²) >= 11 is 0. The second-order valence-electron chi connectivity index (χ2n) is 5.34. The molecule has 0 heterocycles. The van der Waals surface area contributed by atoms with E-state index in [-0.39, 0.29) is 5.41 Å². The number of hydrogen-bond acceptors (Lipinski definition) is 3. The van der Waals surface area contributed by atoms with Gasteiger partial charge in [-0.1, -0.05) is 13.8 Å². The second-order valence-corrected chi connectivity index (χ2v) is 5.34. The normalized spacial score (nSPS) is 12.8. The van der Waals surface area contributed by atoms with Gasteiger partial charge in [-0.15, -0.1) is 0 Å². The van der Waals surface area contributed by atoms with Crippen molar-refractivity contribution in [2.24, 2.45) is 11.1 Å². The Morgan fingerprint density at radius 1 is 1.27 bits per heavy atom. The van der Waals surface area contributed by atoms with Gasteiger partial charge in [0.15, 0.2) is 0 Å². The Morgan fingerprint density at radius 2 is 1.87 bits per heavy atom.